The Labute approximate surface area is 140 Å². The Morgan fingerprint density at radius 1 is 1.32 bits per heavy atom. The Kier molecular flexibility index (Phi) is 4.57. The smallest absolute Gasteiger partial charge is 0.308 e. The molecule has 0 radical (unpaired) electrons. The molecule has 0 bridgehead atoms. The number of carbonyl (C=O) groups is 1. The Balaban J connectivity index is 1.73. The maximum atomic E-state index is 11.8. The predicted octanol–water partition coefficient (Wildman–Crippen LogP) is 2.68. The molecule has 0 unspecified atom stereocenters. The lowest BCUT2D eigenvalue weighted by molar-refractivity contribution is -0.145. The minimum Gasteiger partial charge on any atom is -0.481 e. The van der Waals surface area contributed by atoms with E-state index in [4.69, 9.17) is 0 Å². The molecule has 2 saturated heterocycles. The van der Waals surface area contributed by atoms with Gasteiger partial charge in [0, 0.05) is 29.5 Å². The average molecular weight is 367 g/mol. The highest BCUT2D eigenvalue weighted by Gasteiger charge is 2.50. The summed E-state index contributed by atoms with van der Waals surface area (Å²) in [4.78, 5) is 16.4. The number of halogens is 1. The van der Waals surface area contributed by atoms with Crippen LogP contribution in [-0.2, 0) is 11.3 Å². The molecule has 0 aromatic heterocycles. The third-order valence-corrected chi connectivity index (χ3v) is 5.85. The summed E-state index contributed by atoms with van der Waals surface area (Å²) in [7, 11) is 2.12. The van der Waals surface area contributed by atoms with Crippen LogP contribution in [0.15, 0.2) is 28.7 Å². The van der Waals surface area contributed by atoms with Crippen molar-refractivity contribution in [2.45, 2.75) is 19.4 Å². The number of hydrogen-bond donors (Lipinski definition) is 1. The van der Waals surface area contributed by atoms with Gasteiger partial charge in [-0.25, -0.2) is 0 Å². The summed E-state index contributed by atoms with van der Waals surface area (Å²) in [6.07, 6.45) is 1.99. The minimum absolute atomic E-state index is 0.0340. The minimum atomic E-state index is -0.622. The van der Waals surface area contributed by atoms with Crippen LogP contribution in [-0.4, -0.2) is 54.1 Å². The first kappa shape index (κ1) is 16.0. The van der Waals surface area contributed by atoms with Crippen molar-refractivity contribution in [3.05, 3.63) is 34.3 Å². The molecular formula is C17H23BrN2O2. The quantitative estimate of drug-likeness (QED) is 0.892. The molecule has 1 aromatic rings. The highest BCUT2D eigenvalue weighted by molar-refractivity contribution is 9.10. The second kappa shape index (κ2) is 6.30. The number of carboxylic acid groups (broad SMARTS) is 1. The largest absolute Gasteiger partial charge is 0.481 e. The van der Waals surface area contributed by atoms with Gasteiger partial charge in [0.15, 0.2) is 0 Å². The van der Waals surface area contributed by atoms with Crippen molar-refractivity contribution in [1.82, 2.24) is 9.80 Å². The molecule has 0 saturated carbocycles. The van der Waals surface area contributed by atoms with E-state index in [1.54, 1.807) is 0 Å². The summed E-state index contributed by atoms with van der Waals surface area (Å²) in [5, 5.41) is 9.67. The Bertz CT molecular complexity index is 538. The fourth-order valence-corrected chi connectivity index (χ4v) is 4.22. The number of likely N-dealkylation sites (tertiary alicyclic amines) is 2. The fourth-order valence-electron chi connectivity index (χ4n) is 3.95. The normalized spacial score (nSPS) is 25.6. The van der Waals surface area contributed by atoms with Crippen molar-refractivity contribution >= 4 is 21.9 Å². The molecular weight excluding hydrogens is 344 g/mol. The molecule has 2 aliphatic heterocycles. The Hall–Kier alpha value is -0.910. The summed E-state index contributed by atoms with van der Waals surface area (Å²) >= 11 is 3.45. The van der Waals surface area contributed by atoms with Gasteiger partial charge in [0.25, 0.3) is 0 Å². The molecule has 3 rings (SSSR count). The lowest BCUT2D eigenvalue weighted by atomic mass is 9.71. The first-order valence-electron chi connectivity index (χ1n) is 7.87. The van der Waals surface area contributed by atoms with Crippen LogP contribution in [0.5, 0.6) is 0 Å². The van der Waals surface area contributed by atoms with Gasteiger partial charge in [-0.15, -0.1) is 0 Å². The van der Waals surface area contributed by atoms with Gasteiger partial charge >= 0.3 is 5.97 Å². The standard InChI is InChI=1S/C17H23BrN2O2/c1-19-8-6-17(7-9-19)12-20(11-15(17)16(21)22)10-13-2-4-14(18)5-3-13/h2-5,15H,6-12H2,1H3,(H,21,22)/t15-/m0/s1. The number of carboxylic acids is 1. The van der Waals surface area contributed by atoms with E-state index in [-0.39, 0.29) is 11.3 Å². The maximum absolute atomic E-state index is 11.8. The zero-order valence-electron chi connectivity index (χ0n) is 13.0. The average Bonchev–Trinajstić information content (AvgIpc) is 2.83. The lowest BCUT2D eigenvalue weighted by Crippen LogP contribution is -2.44. The maximum Gasteiger partial charge on any atom is 0.308 e. The van der Waals surface area contributed by atoms with Crippen LogP contribution in [0, 0.1) is 11.3 Å². The van der Waals surface area contributed by atoms with E-state index in [2.05, 4.69) is 44.9 Å². The third-order valence-electron chi connectivity index (χ3n) is 5.32. The molecule has 5 heteroatoms. The van der Waals surface area contributed by atoms with Crippen molar-refractivity contribution in [3.63, 3.8) is 0 Å². The molecule has 0 aliphatic carbocycles. The summed E-state index contributed by atoms with van der Waals surface area (Å²) in [6.45, 7) is 4.45. The lowest BCUT2D eigenvalue weighted by Gasteiger charge is -2.40. The van der Waals surface area contributed by atoms with Gasteiger partial charge in [0.2, 0.25) is 0 Å². The van der Waals surface area contributed by atoms with E-state index >= 15 is 0 Å². The molecule has 2 aliphatic rings. The first-order chi connectivity index (χ1) is 10.5. The van der Waals surface area contributed by atoms with E-state index in [1.807, 2.05) is 12.1 Å². The summed E-state index contributed by atoms with van der Waals surface area (Å²) in [5.74, 6) is -0.848. The van der Waals surface area contributed by atoms with Crippen molar-refractivity contribution in [2.75, 3.05) is 33.2 Å². The van der Waals surface area contributed by atoms with Crippen molar-refractivity contribution in [1.29, 1.82) is 0 Å². The van der Waals surface area contributed by atoms with Crippen molar-refractivity contribution in [2.24, 2.45) is 11.3 Å². The van der Waals surface area contributed by atoms with Crippen LogP contribution in [0.25, 0.3) is 0 Å². The van der Waals surface area contributed by atoms with E-state index in [9.17, 15) is 9.90 Å². The third kappa shape index (κ3) is 3.21. The van der Waals surface area contributed by atoms with E-state index in [0.717, 1.165) is 43.5 Å². The molecule has 1 aromatic carbocycles. The molecule has 1 atom stereocenters. The second-order valence-electron chi connectivity index (χ2n) is 6.85. The molecule has 1 N–H and O–H groups in total. The zero-order chi connectivity index (χ0) is 15.7. The Morgan fingerprint density at radius 3 is 2.55 bits per heavy atom. The molecule has 2 heterocycles. The van der Waals surface area contributed by atoms with Crippen LogP contribution >= 0.6 is 15.9 Å². The number of nitrogens with zero attached hydrogens (tertiary/aromatic N) is 2. The van der Waals surface area contributed by atoms with Gasteiger partial charge in [0.05, 0.1) is 5.92 Å². The van der Waals surface area contributed by atoms with Gasteiger partial charge < -0.3 is 10.0 Å². The summed E-state index contributed by atoms with van der Waals surface area (Å²) < 4.78 is 1.08. The van der Waals surface area contributed by atoms with Gasteiger partial charge in [-0.2, -0.15) is 0 Å². The topological polar surface area (TPSA) is 43.8 Å². The zero-order valence-corrected chi connectivity index (χ0v) is 14.6. The summed E-state index contributed by atoms with van der Waals surface area (Å²) in [5.41, 5.74) is 1.21. The second-order valence-corrected chi connectivity index (χ2v) is 7.77. The Morgan fingerprint density at radius 2 is 1.95 bits per heavy atom. The van der Waals surface area contributed by atoms with Gasteiger partial charge in [-0.1, -0.05) is 28.1 Å². The van der Waals surface area contributed by atoms with Crippen LogP contribution in [0.1, 0.15) is 18.4 Å². The van der Waals surface area contributed by atoms with Crippen LogP contribution in [0.2, 0.25) is 0 Å². The number of benzene rings is 1. The van der Waals surface area contributed by atoms with Crippen molar-refractivity contribution < 1.29 is 9.90 Å². The monoisotopic (exact) mass is 366 g/mol. The fraction of sp³-hybridized carbons (Fsp3) is 0.588. The van der Waals surface area contributed by atoms with E-state index in [0.29, 0.717) is 6.54 Å². The number of piperidine rings is 1. The van der Waals surface area contributed by atoms with Gasteiger partial charge in [-0.05, 0) is 50.7 Å². The number of hydrogen-bond acceptors (Lipinski definition) is 3. The van der Waals surface area contributed by atoms with Crippen LogP contribution in [0.4, 0.5) is 0 Å². The number of rotatable bonds is 3. The molecule has 120 valence electrons. The molecule has 4 nitrogen and oxygen atoms in total. The first-order valence-corrected chi connectivity index (χ1v) is 8.66. The predicted molar refractivity (Wildman–Crippen MR) is 89.7 cm³/mol. The van der Waals surface area contributed by atoms with Crippen LogP contribution < -0.4 is 0 Å². The molecule has 0 amide bonds. The SMILES string of the molecule is CN1CCC2(CC1)CN(Cc1ccc(Br)cc1)C[C@H]2C(=O)O. The highest BCUT2D eigenvalue weighted by Crippen LogP contribution is 2.45. The molecule has 22 heavy (non-hydrogen) atoms. The highest BCUT2D eigenvalue weighted by atomic mass is 79.9. The van der Waals surface area contributed by atoms with Crippen LogP contribution in [0.3, 0.4) is 0 Å². The van der Waals surface area contributed by atoms with E-state index < -0.39 is 5.97 Å². The molecule has 2 fully saturated rings. The van der Waals surface area contributed by atoms with Gasteiger partial charge in [0.1, 0.15) is 0 Å². The van der Waals surface area contributed by atoms with E-state index in [1.165, 1.54) is 5.56 Å². The summed E-state index contributed by atoms with van der Waals surface area (Å²) in [6, 6.07) is 8.32. The molecule has 1 spiro atoms. The van der Waals surface area contributed by atoms with Crippen molar-refractivity contribution in [3.8, 4) is 0 Å². The van der Waals surface area contributed by atoms with Gasteiger partial charge in [-0.3, -0.25) is 9.69 Å². The number of aliphatic carboxylic acids is 1.